The minimum Gasteiger partial charge on any atom is -0.385 e. The van der Waals surface area contributed by atoms with Crippen LogP contribution in [0.25, 0.3) is 0 Å². The fraction of sp³-hybridized carbons (Fsp3) is 1.00. The van der Waals surface area contributed by atoms with Crippen LogP contribution in [0, 0.1) is 0 Å². The lowest BCUT2D eigenvalue weighted by Gasteiger charge is -1.94. The van der Waals surface area contributed by atoms with Gasteiger partial charge in [-0.2, -0.15) is 0 Å². The molecule has 0 aliphatic rings. The Morgan fingerprint density at radius 3 is 1.70 bits per heavy atom. The summed E-state index contributed by atoms with van der Waals surface area (Å²) in [7, 11) is 1.68. The minimum atomic E-state index is -1.10. The van der Waals surface area contributed by atoms with E-state index in [0.717, 1.165) is 13.0 Å². The Morgan fingerprint density at radius 1 is 1.30 bits per heavy atom. The number of rotatable bonds is 3. The Kier molecular flexibility index (Phi) is 14.6. The Labute approximate surface area is 62.6 Å². The van der Waals surface area contributed by atoms with E-state index in [1.54, 1.807) is 7.11 Å². The van der Waals surface area contributed by atoms with Crippen LogP contribution in [0.1, 0.15) is 26.7 Å². The molecular formula is C7H18O3. The summed E-state index contributed by atoms with van der Waals surface area (Å²) < 4.78 is 4.54. The lowest BCUT2D eigenvalue weighted by molar-refractivity contribution is -0.0453. The highest BCUT2D eigenvalue weighted by atomic mass is 16.5. The van der Waals surface area contributed by atoms with Crippen molar-refractivity contribution in [3.63, 3.8) is 0 Å². The van der Waals surface area contributed by atoms with E-state index in [1.807, 2.05) is 13.8 Å². The van der Waals surface area contributed by atoms with Gasteiger partial charge in [0.15, 0.2) is 6.29 Å². The number of methoxy groups -OCH3 is 1. The molecule has 0 unspecified atom stereocenters. The van der Waals surface area contributed by atoms with Gasteiger partial charge < -0.3 is 14.9 Å². The molecule has 0 aromatic heterocycles. The molecular weight excluding hydrogens is 132 g/mol. The van der Waals surface area contributed by atoms with Crippen LogP contribution in [0.15, 0.2) is 0 Å². The van der Waals surface area contributed by atoms with E-state index >= 15 is 0 Å². The van der Waals surface area contributed by atoms with Gasteiger partial charge >= 0.3 is 0 Å². The molecule has 0 atom stereocenters. The summed E-state index contributed by atoms with van der Waals surface area (Å²) in [6, 6.07) is 0. The van der Waals surface area contributed by atoms with Crippen molar-refractivity contribution < 1.29 is 14.9 Å². The van der Waals surface area contributed by atoms with E-state index in [4.69, 9.17) is 10.2 Å². The summed E-state index contributed by atoms with van der Waals surface area (Å²) in [5.74, 6) is 0. The monoisotopic (exact) mass is 150 g/mol. The van der Waals surface area contributed by atoms with Crippen LogP contribution in [0.4, 0.5) is 0 Å². The summed E-state index contributed by atoms with van der Waals surface area (Å²) >= 11 is 0. The molecule has 0 spiro atoms. The maximum Gasteiger partial charge on any atom is 0.151 e. The molecule has 0 rings (SSSR count). The lowest BCUT2D eigenvalue weighted by atomic mass is 10.3. The maximum atomic E-state index is 8.11. The van der Waals surface area contributed by atoms with Gasteiger partial charge in [-0.25, -0.2) is 0 Å². The number of aliphatic hydroxyl groups is 2. The molecule has 2 N–H and O–H groups in total. The van der Waals surface area contributed by atoms with Crippen LogP contribution >= 0.6 is 0 Å². The first-order valence-electron chi connectivity index (χ1n) is 3.54. The van der Waals surface area contributed by atoms with Gasteiger partial charge in [-0.1, -0.05) is 13.3 Å². The molecule has 3 nitrogen and oxygen atoms in total. The van der Waals surface area contributed by atoms with Gasteiger partial charge in [0, 0.05) is 13.7 Å². The first kappa shape index (κ1) is 12.5. The molecule has 64 valence electrons. The molecule has 0 saturated carbocycles. The highest BCUT2D eigenvalue weighted by molar-refractivity contribution is 4.31. The van der Waals surface area contributed by atoms with Crippen LogP contribution in [-0.2, 0) is 4.74 Å². The average Bonchev–Trinajstić information content (AvgIpc) is 1.89. The lowest BCUT2D eigenvalue weighted by Crippen LogP contribution is -2.01. The Morgan fingerprint density at radius 2 is 1.70 bits per heavy atom. The Balaban J connectivity index is 0. The van der Waals surface area contributed by atoms with E-state index < -0.39 is 6.29 Å². The van der Waals surface area contributed by atoms with Crippen molar-refractivity contribution in [3.8, 4) is 0 Å². The number of aliphatic hydroxyl groups excluding tert-OH is 1. The molecule has 10 heavy (non-hydrogen) atoms. The van der Waals surface area contributed by atoms with E-state index in [-0.39, 0.29) is 0 Å². The minimum absolute atomic E-state index is 0.486. The normalized spacial score (nSPS) is 9.00. The maximum absolute atomic E-state index is 8.11. The molecule has 0 radical (unpaired) electrons. The summed E-state index contributed by atoms with van der Waals surface area (Å²) in [5.41, 5.74) is 0. The molecule has 0 saturated heterocycles. The van der Waals surface area contributed by atoms with Crippen molar-refractivity contribution in [1.29, 1.82) is 0 Å². The van der Waals surface area contributed by atoms with Crippen molar-refractivity contribution in [2.45, 2.75) is 33.0 Å². The predicted octanol–water partition coefficient (Wildman–Crippen LogP) is 0.750. The second kappa shape index (κ2) is 11.6. The van der Waals surface area contributed by atoms with Crippen LogP contribution in [0.5, 0.6) is 0 Å². The summed E-state index contributed by atoms with van der Waals surface area (Å²) in [6.45, 7) is 4.68. The second-order valence-corrected chi connectivity index (χ2v) is 1.85. The van der Waals surface area contributed by atoms with E-state index in [1.165, 1.54) is 0 Å². The van der Waals surface area contributed by atoms with Gasteiger partial charge in [0.05, 0.1) is 0 Å². The van der Waals surface area contributed by atoms with Crippen molar-refractivity contribution in [2.75, 3.05) is 13.7 Å². The van der Waals surface area contributed by atoms with Crippen molar-refractivity contribution in [3.05, 3.63) is 0 Å². The molecule has 0 bridgehead atoms. The fourth-order valence-corrected chi connectivity index (χ4v) is 0.258. The Hall–Kier alpha value is -0.120. The van der Waals surface area contributed by atoms with E-state index in [0.29, 0.717) is 6.42 Å². The molecule has 0 amide bonds. The molecule has 3 heteroatoms. The van der Waals surface area contributed by atoms with Crippen molar-refractivity contribution in [2.24, 2.45) is 0 Å². The zero-order chi connectivity index (χ0) is 8.41. The third-order valence-corrected chi connectivity index (χ3v) is 0.836. The van der Waals surface area contributed by atoms with Gasteiger partial charge in [-0.15, -0.1) is 0 Å². The van der Waals surface area contributed by atoms with Crippen molar-refractivity contribution >= 4 is 0 Å². The summed E-state index contributed by atoms with van der Waals surface area (Å²) in [4.78, 5) is 0. The number of ether oxygens (including phenoxy) is 1. The number of hydrogen-bond donors (Lipinski definition) is 2. The van der Waals surface area contributed by atoms with Crippen molar-refractivity contribution in [1.82, 2.24) is 0 Å². The van der Waals surface area contributed by atoms with Gasteiger partial charge in [-0.05, 0) is 13.3 Å². The van der Waals surface area contributed by atoms with Crippen LogP contribution < -0.4 is 0 Å². The molecule has 0 aromatic carbocycles. The Bertz CT molecular complexity index is 44.1. The zero-order valence-electron chi connectivity index (χ0n) is 7.00. The first-order chi connectivity index (χ1) is 4.68. The summed E-state index contributed by atoms with van der Waals surface area (Å²) in [6.07, 6.45) is 0.215. The molecule has 0 heterocycles. The highest BCUT2D eigenvalue weighted by Crippen LogP contribution is 1.88. The average molecular weight is 150 g/mol. The van der Waals surface area contributed by atoms with Gasteiger partial charge in [0.25, 0.3) is 0 Å². The van der Waals surface area contributed by atoms with Crippen LogP contribution in [0.2, 0.25) is 0 Å². The molecule has 0 fully saturated rings. The SMILES string of the molecule is CCCC(O)O.CCOC. The largest absolute Gasteiger partial charge is 0.385 e. The van der Waals surface area contributed by atoms with Crippen LogP contribution in [-0.4, -0.2) is 30.2 Å². The quantitative estimate of drug-likeness (QED) is 0.584. The number of hydrogen-bond acceptors (Lipinski definition) is 3. The van der Waals surface area contributed by atoms with Gasteiger partial charge in [0.2, 0.25) is 0 Å². The van der Waals surface area contributed by atoms with E-state index in [9.17, 15) is 0 Å². The topological polar surface area (TPSA) is 49.7 Å². The van der Waals surface area contributed by atoms with E-state index in [2.05, 4.69) is 4.74 Å². The third kappa shape index (κ3) is 24.8. The summed E-state index contributed by atoms with van der Waals surface area (Å²) in [5, 5.41) is 16.2. The van der Waals surface area contributed by atoms with Gasteiger partial charge in [0.1, 0.15) is 0 Å². The second-order valence-electron chi connectivity index (χ2n) is 1.85. The molecule has 0 aliphatic heterocycles. The highest BCUT2D eigenvalue weighted by Gasteiger charge is 1.89. The predicted molar refractivity (Wildman–Crippen MR) is 40.7 cm³/mol. The molecule has 0 aliphatic carbocycles. The first-order valence-corrected chi connectivity index (χ1v) is 3.54. The van der Waals surface area contributed by atoms with Gasteiger partial charge in [-0.3, -0.25) is 0 Å². The zero-order valence-corrected chi connectivity index (χ0v) is 7.00. The van der Waals surface area contributed by atoms with Crippen LogP contribution in [0.3, 0.4) is 0 Å². The smallest absolute Gasteiger partial charge is 0.151 e. The standard InChI is InChI=1S/C4H10O2.C3H8O/c1-2-3-4(5)6;1-3-4-2/h4-6H,2-3H2,1H3;3H2,1-2H3. The molecule has 0 aromatic rings. The fourth-order valence-electron chi connectivity index (χ4n) is 0.258. The third-order valence-electron chi connectivity index (χ3n) is 0.836.